The number of alkyl halides is 3. The molecule has 0 bridgehead atoms. The average Bonchev–Trinajstić information content (AvgIpc) is 3.14. The molecule has 0 aromatic heterocycles. The van der Waals surface area contributed by atoms with E-state index in [4.69, 9.17) is 9.47 Å². The molecular weight excluding hydrogens is 385 g/mol. The fourth-order valence-electron chi connectivity index (χ4n) is 3.63. The van der Waals surface area contributed by atoms with Crippen LogP contribution in [0.3, 0.4) is 0 Å². The molecule has 0 unspecified atom stereocenters. The molecule has 5 nitrogen and oxygen atoms in total. The molecular formula is C21H23F3N2O3. The van der Waals surface area contributed by atoms with Crippen LogP contribution in [-0.2, 0) is 11.0 Å². The number of rotatable bonds is 6. The summed E-state index contributed by atoms with van der Waals surface area (Å²) in [6.45, 7) is 0.780. The summed E-state index contributed by atoms with van der Waals surface area (Å²) < 4.78 is 49.4. The molecule has 0 radical (unpaired) electrons. The maximum Gasteiger partial charge on any atom is 0.416 e. The van der Waals surface area contributed by atoms with E-state index in [1.165, 1.54) is 12.1 Å². The number of hydrogen-bond donors (Lipinski definition) is 1. The van der Waals surface area contributed by atoms with Crippen LogP contribution >= 0.6 is 0 Å². The van der Waals surface area contributed by atoms with E-state index in [9.17, 15) is 18.0 Å². The minimum absolute atomic E-state index is 0.0349. The van der Waals surface area contributed by atoms with Gasteiger partial charge in [0.1, 0.15) is 11.5 Å². The zero-order chi connectivity index (χ0) is 21.0. The first-order valence-electron chi connectivity index (χ1n) is 9.25. The Balaban J connectivity index is 1.72. The predicted octanol–water partition coefficient (Wildman–Crippen LogP) is 4.50. The van der Waals surface area contributed by atoms with Crippen molar-refractivity contribution in [2.24, 2.45) is 0 Å². The van der Waals surface area contributed by atoms with E-state index >= 15 is 0 Å². The fourth-order valence-corrected chi connectivity index (χ4v) is 3.63. The Hall–Kier alpha value is -2.74. The molecule has 2 aromatic carbocycles. The SMILES string of the molecule is COc1ccc(OC)c([C@@H]2CCCN2CC(=O)Nc2cccc(C(F)(F)F)c2)c1. The van der Waals surface area contributed by atoms with Gasteiger partial charge in [-0.05, 0) is 55.8 Å². The zero-order valence-corrected chi connectivity index (χ0v) is 16.3. The summed E-state index contributed by atoms with van der Waals surface area (Å²) in [6, 6.07) is 10.1. The number of nitrogens with one attached hydrogen (secondary N) is 1. The second-order valence-electron chi connectivity index (χ2n) is 6.86. The molecule has 0 spiro atoms. The van der Waals surface area contributed by atoms with Gasteiger partial charge in [0.2, 0.25) is 5.91 Å². The number of halogens is 3. The largest absolute Gasteiger partial charge is 0.497 e. The topological polar surface area (TPSA) is 50.8 Å². The van der Waals surface area contributed by atoms with Gasteiger partial charge in [-0.1, -0.05) is 6.07 Å². The third-order valence-corrected chi connectivity index (χ3v) is 4.98. The predicted molar refractivity (Wildman–Crippen MR) is 103 cm³/mol. The summed E-state index contributed by atoms with van der Waals surface area (Å²) in [7, 11) is 3.17. The molecule has 3 rings (SSSR count). The summed E-state index contributed by atoms with van der Waals surface area (Å²) in [5, 5.41) is 2.57. The van der Waals surface area contributed by atoms with Crippen LogP contribution in [-0.4, -0.2) is 38.1 Å². The number of anilines is 1. The standard InChI is InChI=1S/C21H23F3N2O3/c1-28-16-8-9-19(29-2)17(12-16)18-7-4-10-26(18)13-20(27)25-15-6-3-5-14(11-15)21(22,23)24/h3,5-6,8-9,11-12,18H,4,7,10,13H2,1-2H3,(H,25,27)/t18-/m0/s1. The Morgan fingerprint density at radius 2 is 1.97 bits per heavy atom. The van der Waals surface area contributed by atoms with Crippen molar-refractivity contribution in [1.29, 1.82) is 0 Å². The Morgan fingerprint density at radius 3 is 2.66 bits per heavy atom. The molecule has 1 amide bonds. The summed E-state index contributed by atoms with van der Waals surface area (Å²) >= 11 is 0. The van der Waals surface area contributed by atoms with Crippen molar-refractivity contribution in [1.82, 2.24) is 4.90 Å². The maximum absolute atomic E-state index is 12.9. The minimum atomic E-state index is -4.45. The van der Waals surface area contributed by atoms with Crippen LogP contribution in [0, 0.1) is 0 Å². The molecule has 2 aromatic rings. The Labute approximate surface area is 167 Å². The van der Waals surface area contributed by atoms with Gasteiger partial charge in [0.25, 0.3) is 0 Å². The number of methoxy groups -OCH3 is 2. The smallest absolute Gasteiger partial charge is 0.416 e. The summed E-state index contributed by atoms with van der Waals surface area (Å²) in [5.74, 6) is 1.04. The molecule has 0 saturated carbocycles. The molecule has 1 fully saturated rings. The number of amides is 1. The Morgan fingerprint density at radius 1 is 1.17 bits per heavy atom. The highest BCUT2D eigenvalue weighted by Crippen LogP contribution is 2.38. The lowest BCUT2D eigenvalue weighted by Gasteiger charge is -2.26. The van der Waals surface area contributed by atoms with Crippen LogP contribution in [0.1, 0.15) is 30.0 Å². The van der Waals surface area contributed by atoms with Crippen molar-refractivity contribution >= 4 is 11.6 Å². The van der Waals surface area contributed by atoms with Gasteiger partial charge in [-0.15, -0.1) is 0 Å². The van der Waals surface area contributed by atoms with Gasteiger partial charge >= 0.3 is 6.18 Å². The van der Waals surface area contributed by atoms with Crippen LogP contribution in [0.25, 0.3) is 0 Å². The molecule has 1 saturated heterocycles. The van der Waals surface area contributed by atoms with Gasteiger partial charge in [-0.2, -0.15) is 13.2 Å². The van der Waals surface area contributed by atoms with Crippen molar-refractivity contribution in [3.63, 3.8) is 0 Å². The second-order valence-corrected chi connectivity index (χ2v) is 6.86. The van der Waals surface area contributed by atoms with Crippen molar-refractivity contribution in [3.8, 4) is 11.5 Å². The van der Waals surface area contributed by atoms with Crippen molar-refractivity contribution < 1.29 is 27.4 Å². The molecule has 29 heavy (non-hydrogen) atoms. The van der Waals surface area contributed by atoms with E-state index in [-0.39, 0.29) is 24.2 Å². The number of carbonyl (C=O) groups excluding carboxylic acids is 1. The number of nitrogens with zero attached hydrogens (tertiary/aromatic N) is 1. The van der Waals surface area contributed by atoms with Gasteiger partial charge in [0.05, 0.1) is 26.3 Å². The molecule has 1 aliphatic rings. The number of ether oxygens (including phenoxy) is 2. The van der Waals surface area contributed by atoms with Crippen LogP contribution in [0.2, 0.25) is 0 Å². The fraction of sp³-hybridized carbons (Fsp3) is 0.381. The summed E-state index contributed by atoms with van der Waals surface area (Å²) in [5.41, 5.74) is 0.256. The lowest BCUT2D eigenvalue weighted by Crippen LogP contribution is -2.33. The minimum Gasteiger partial charge on any atom is -0.497 e. The van der Waals surface area contributed by atoms with Crippen molar-refractivity contribution in [3.05, 3.63) is 53.6 Å². The first kappa shape index (κ1) is 21.0. The van der Waals surface area contributed by atoms with Crippen LogP contribution in [0.4, 0.5) is 18.9 Å². The van der Waals surface area contributed by atoms with Crippen LogP contribution in [0.15, 0.2) is 42.5 Å². The highest BCUT2D eigenvalue weighted by molar-refractivity contribution is 5.92. The van der Waals surface area contributed by atoms with Crippen LogP contribution in [0.5, 0.6) is 11.5 Å². The molecule has 1 aliphatic heterocycles. The van der Waals surface area contributed by atoms with E-state index in [2.05, 4.69) is 5.32 Å². The summed E-state index contributed by atoms with van der Waals surface area (Å²) in [4.78, 5) is 14.5. The van der Waals surface area contributed by atoms with Gasteiger partial charge in [0.15, 0.2) is 0 Å². The molecule has 1 N–H and O–H groups in total. The third kappa shape index (κ3) is 5.00. The number of carbonyl (C=O) groups is 1. The number of likely N-dealkylation sites (tertiary alicyclic amines) is 1. The number of hydrogen-bond acceptors (Lipinski definition) is 4. The van der Waals surface area contributed by atoms with E-state index in [1.807, 2.05) is 23.1 Å². The molecule has 156 valence electrons. The van der Waals surface area contributed by atoms with E-state index in [1.54, 1.807) is 14.2 Å². The zero-order valence-electron chi connectivity index (χ0n) is 16.3. The van der Waals surface area contributed by atoms with Crippen molar-refractivity contribution in [2.45, 2.75) is 25.1 Å². The van der Waals surface area contributed by atoms with Crippen LogP contribution < -0.4 is 14.8 Å². The lowest BCUT2D eigenvalue weighted by molar-refractivity contribution is -0.137. The first-order valence-corrected chi connectivity index (χ1v) is 9.25. The van der Waals surface area contributed by atoms with Gasteiger partial charge in [-0.3, -0.25) is 9.69 Å². The van der Waals surface area contributed by atoms with E-state index in [0.29, 0.717) is 18.0 Å². The van der Waals surface area contributed by atoms with Gasteiger partial charge < -0.3 is 14.8 Å². The molecule has 0 aliphatic carbocycles. The summed E-state index contributed by atoms with van der Waals surface area (Å²) in [6.07, 6.45) is -2.70. The van der Waals surface area contributed by atoms with E-state index < -0.39 is 11.7 Å². The normalized spacial score (nSPS) is 17.2. The van der Waals surface area contributed by atoms with Gasteiger partial charge in [-0.25, -0.2) is 0 Å². The second kappa shape index (κ2) is 8.73. The maximum atomic E-state index is 12.9. The first-order chi connectivity index (χ1) is 13.8. The Kier molecular flexibility index (Phi) is 6.32. The van der Waals surface area contributed by atoms with Crippen molar-refractivity contribution in [2.75, 3.05) is 32.6 Å². The Bertz CT molecular complexity index is 870. The quantitative estimate of drug-likeness (QED) is 0.765. The molecule has 1 atom stereocenters. The lowest BCUT2D eigenvalue weighted by atomic mass is 10.0. The van der Waals surface area contributed by atoms with Gasteiger partial charge in [0, 0.05) is 17.3 Å². The average molecular weight is 408 g/mol. The highest BCUT2D eigenvalue weighted by atomic mass is 19.4. The molecule has 8 heteroatoms. The van der Waals surface area contributed by atoms with E-state index in [0.717, 1.165) is 30.5 Å². The number of benzene rings is 2. The third-order valence-electron chi connectivity index (χ3n) is 4.98. The highest BCUT2D eigenvalue weighted by Gasteiger charge is 2.32. The molecule has 1 heterocycles. The monoisotopic (exact) mass is 408 g/mol.